The molecule has 0 saturated heterocycles. The number of ketones is 1. The molecule has 3 atom stereocenters. The second-order valence-corrected chi connectivity index (χ2v) is 6.44. The number of ether oxygens (including phenoxy) is 1. The molecule has 1 aliphatic carbocycles. The summed E-state index contributed by atoms with van der Waals surface area (Å²) in [5.74, 6) is -5.73. The van der Waals surface area contributed by atoms with Crippen molar-refractivity contribution in [2.24, 2.45) is 17.8 Å². The number of amides is 1. The van der Waals surface area contributed by atoms with Crippen LogP contribution in [0, 0.1) is 39.5 Å². The molecular weight excluding hydrogens is 366 g/mol. The zero-order valence-electron chi connectivity index (χ0n) is 14.4. The Labute approximate surface area is 153 Å². The number of carbonyl (C=O) groups excluding carboxylic acids is 3. The molecule has 1 fully saturated rings. The van der Waals surface area contributed by atoms with Gasteiger partial charge in [-0.2, -0.15) is 0 Å². The summed E-state index contributed by atoms with van der Waals surface area (Å²) in [6.45, 7) is 0.467. The van der Waals surface area contributed by atoms with Crippen LogP contribution >= 0.6 is 0 Å². The van der Waals surface area contributed by atoms with E-state index < -0.39 is 59.1 Å². The molecule has 0 aliphatic heterocycles. The van der Waals surface area contributed by atoms with Gasteiger partial charge in [-0.3, -0.25) is 24.5 Å². The highest BCUT2D eigenvalue weighted by atomic mass is 19.1. The second-order valence-electron chi connectivity index (χ2n) is 6.44. The molecule has 0 spiro atoms. The van der Waals surface area contributed by atoms with E-state index in [1.165, 1.54) is 0 Å². The van der Waals surface area contributed by atoms with Gasteiger partial charge in [-0.25, -0.2) is 8.78 Å². The van der Waals surface area contributed by atoms with Crippen LogP contribution in [0.15, 0.2) is 18.2 Å². The van der Waals surface area contributed by atoms with Gasteiger partial charge in [0.05, 0.1) is 6.42 Å². The normalized spacial score (nSPS) is 21.7. The van der Waals surface area contributed by atoms with E-state index in [9.17, 15) is 33.3 Å². The average molecular weight is 384 g/mol. The number of Topliss-reactive ketones (excluding diaryl/α,β-unsaturated/α-hetero) is 1. The van der Waals surface area contributed by atoms with E-state index >= 15 is 0 Å². The number of para-hydroxylation sites is 1. The molecule has 0 aromatic heterocycles. The molecule has 10 heteroatoms. The van der Waals surface area contributed by atoms with Gasteiger partial charge in [-0.15, -0.1) is 0 Å². The summed E-state index contributed by atoms with van der Waals surface area (Å²) in [4.78, 5) is 45.8. The molecule has 0 bridgehead atoms. The first-order chi connectivity index (χ1) is 12.7. The van der Waals surface area contributed by atoms with Crippen LogP contribution in [0.1, 0.15) is 19.8 Å². The summed E-state index contributed by atoms with van der Waals surface area (Å²) in [7, 11) is 0. The first-order valence-corrected chi connectivity index (χ1v) is 8.23. The fraction of sp³-hybridized carbons (Fsp3) is 0.471. The van der Waals surface area contributed by atoms with Gasteiger partial charge in [-0.05, 0) is 18.1 Å². The maximum Gasteiger partial charge on any atom is 0.307 e. The fourth-order valence-corrected chi connectivity index (χ4v) is 3.18. The van der Waals surface area contributed by atoms with Crippen molar-refractivity contribution in [1.82, 2.24) is 0 Å². The molecule has 0 heterocycles. The Kier molecular flexibility index (Phi) is 6.54. The lowest BCUT2D eigenvalue weighted by Crippen LogP contribution is -2.28. The third kappa shape index (κ3) is 5.28. The van der Waals surface area contributed by atoms with Crippen LogP contribution in [0.25, 0.3) is 0 Å². The van der Waals surface area contributed by atoms with Crippen molar-refractivity contribution < 1.29 is 32.8 Å². The maximum absolute atomic E-state index is 13.5. The number of carbonyl (C=O) groups is 3. The van der Waals surface area contributed by atoms with Crippen molar-refractivity contribution in [2.45, 2.75) is 19.8 Å². The number of benzene rings is 1. The molecule has 1 aromatic rings. The highest BCUT2D eigenvalue weighted by Crippen LogP contribution is 2.36. The molecule has 0 unspecified atom stereocenters. The van der Waals surface area contributed by atoms with Crippen molar-refractivity contribution in [3.63, 3.8) is 0 Å². The van der Waals surface area contributed by atoms with Gasteiger partial charge >= 0.3 is 5.97 Å². The number of halogens is 2. The summed E-state index contributed by atoms with van der Waals surface area (Å²) in [6.07, 6.45) is -0.244. The minimum Gasteiger partial charge on any atom is -0.456 e. The lowest BCUT2D eigenvalue weighted by Gasteiger charge is -2.17. The van der Waals surface area contributed by atoms with Crippen LogP contribution < -0.4 is 5.32 Å². The zero-order chi connectivity index (χ0) is 20.1. The van der Waals surface area contributed by atoms with Crippen molar-refractivity contribution in [2.75, 3.05) is 18.5 Å². The first kappa shape index (κ1) is 20.4. The molecule has 1 saturated carbocycles. The minimum absolute atomic E-state index is 0.142. The number of anilines is 1. The summed E-state index contributed by atoms with van der Waals surface area (Å²) >= 11 is 0. The third-order valence-electron chi connectivity index (χ3n) is 4.52. The van der Waals surface area contributed by atoms with E-state index in [1.807, 2.05) is 5.32 Å². The molecule has 1 aliphatic rings. The Bertz CT molecular complexity index is 750. The summed E-state index contributed by atoms with van der Waals surface area (Å²) in [6, 6.07) is 3.03. The number of nitrogens with zero attached hydrogens (tertiary/aromatic N) is 1. The number of rotatable bonds is 7. The Hall–Kier alpha value is -2.91. The van der Waals surface area contributed by atoms with E-state index in [2.05, 4.69) is 0 Å². The molecule has 146 valence electrons. The second kappa shape index (κ2) is 8.65. The van der Waals surface area contributed by atoms with E-state index in [0.717, 1.165) is 18.2 Å². The van der Waals surface area contributed by atoms with Gasteiger partial charge in [0.15, 0.2) is 6.61 Å². The number of esters is 1. The summed E-state index contributed by atoms with van der Waals surface area (Å²) in [5.41, 5.74) is -0.663. The van der Waals surface area contributed by atoms with Crippen molar-refractivity contribution in [3.8, 4) is 0 Å². The van der Waals surface area contributed by atoms with Crippen molar-refractivity contribution >= 4 is 23.3 Å². The molecule has 1 amide bonds. The molecule has 2 rings (SSSR count). The largest absolute Gasteiger partial charge is 0.456 e. The summed E-state index contributed by atoms with van der Waals surface area (Å²) < 4.78 is 31.6. The van der Waals surface area contributed by atoms with Crippen LogP contribution in [0.4, 0.5) is 14.5 Å². The number of nitro groups is 1. The topological polar surface area (TPSA) is 116 Å². The van der Waals surface area contributed by atoms with Crippen LogP contribution in [0.3, 0.4) is 0 Å². The lowest BCUT2D eigenvalue weighted by atomic mass is 9.88. The Balaban J connectivity index is 1.89. The predicted octanol–water partition coefficient (Wildman–Crippen LogP) is 1.95. The Morgan fingerprint density at radius 1 is 1.33 bits per heavy atom. The van der Waals surface area contributed by atoms with E-state index in [1.54, 1.807) is 6.92 Å². The van der Waals surface area contributed by atoms with Crippen molar-refractivity contribution in [3.05, 3.63) is 39.9 Å². The quantitative estimate of drug-likeness (QED) is 0.436. The molecule has 0 radical (unpaired) electrons. The molecular formula is C17H18F2N2O6. The Morgan fingerprint density at radius 2 is 1.96 bits per heavy atom. The van der Waals surface area contributed by atoms with Gasteiger partial charge in [0.2, 0.25) is 6.54 Å². The van der Waals surface area contributed by atoms with Crippen LogP contribution in [0.5, 0.6) is 0 Å². The first-order valence-electron chi connectivity index (χ1n) is 8.23. The maximum atomic E-state index is 13.5. The van der Waals surface area contributed by atoms with Gasteiger partial charge in [-0.1, -0.05) is 13.0 Å². The van der Waals surface area contributed by atoms with E-state index in [-0.39, 0.29) is 24.5 Å². The van der Waals surface area contributed by atoms with E-state index in [0.29, 0.717) is 0 Å². The smallest absolute Gasteiger partial charge is 0.307 e. The third-order valence-corrected chi connectivity index (χ3v) is 4.52. The predicted molar refractivity (Wildman–Crippen MR) is 88.2 cm³/mol. The SMILES string of the molecule is C[C@@H]1CC(=O)[C@@H](CC(=O)OCC(=O)Nc2c(F)cccc2F)[C@@H]1C[N+](=O)[O-]. The van der Waals surface area contributed by atoms with E-state index in [4.69, 9.17) is 4.74 Å². The molecule has 1 N–H and O–H groups in total. The molecule has 8 nitrogen and oxygen atoms in total. The molecule has 27 heavy (non-hydrogen) atoms. The van der Waals surface area contributed by atoms with Crippen LogP contribution in [-0.4, -0.2) is 35.7 Å². The number of nitrogens with one attached hydrogen (secondary N) is 1. The lowest BCUT2D eigenvalue weighted by molar-refractivity contribution is -0.490. The Morgan fingerprint density at radius 3 is 2.56 bits per heavy atom. The highest BCUT2D eigenvalue weighted by Gasteiger charge is 2.44. The molecule has 1 aromatic carbocycles. The summed E-state index contributed by atoms with van der Waals surface area (Å²) in [5, 5.41) is 12.7. The van der Waals surface area contributed by atoms with Gasteiger partial charge in [0.1, 0.15) is 23.1 Å². The van der Waals surface area contributed by atoms with Gasteiger partial charge < -0.3 is 10.1 Å². The standard InChI is InChI=1S/C17H18F2N2O6/c1-9-5-14(22)10(11(9)7-21(25)26)6-16(24)27-8-15(23)20-17-12(18)3-2-4-13(17)19/h2-4,9-11H,5-8H2,1H3,(H,20,23)/t9-,10+,11-/m1/s1. The monoisotopic (exact) mass is 384 g/mol. The van der Waals surface area contributed by atoms with Crippen LogP contribution in [-0.2, 0) is 19.1 Å². The average Bonchev–Trinajstić information content (AvgIpc) is 2.83. The number of hydrogen-bond donors (Lipinski definition) is 1. The minimum atomic E-state index is -0.983. The van der Waals surface area contributed by atoms with Gasteiger partial charge in [0, 0.05) is 23.2 Å². The van der Waals surface area contributed by atoms with Gasteiger partial charge in [0.25, 0.3) is 5.91 Å². The van der Waals surface area contributed by atoms with Crippen LogP contribution in [0.2, 0.25) is 0 Å². The highest BCUT2D eigenvalue weighted by molar-refractivity contribution is 5.93. The van der Waals surface area contributed by atoms with Crippen molar-refractivity contribution in [1.29, 1.82) is 0 Å². The number of hydrogen-bond acceptors (Lipinski definition) is 6. The zero-order valence-corrected chi connectivity index (χ0v) is 14.4. The fourth-order valence-electron chi connectivity index (χ4n) is 3.18.